The molecule has 1 N–H and O–H groups in total. The van der Waals surface area contributed by atoms with E-state index in [1.54, 1.807) is 17.0 Å². The topological polar surface area (TPSA) is 62.3 Å². The zero-order valence-electron chi connectivity index (χ0n) is 15.4. The molecule has 0 atom stereocenters. The molecule has 0 saturated heterocycles. The molecule has 26 heavy (non-hydrogen) atoms. The summed E-state index contributed by atoms with van der Waals surface area (Å²) >= 11 is 0. The van der Waals surface area contributed by atoms with Crippen molar-refractivity contribution in [2.24, 2.45) is 0 Å². The van der Waals surface area contributed by atoms with E-state index in [2.05, 4.69) is 10.3 Å². The summed E-state index contributed by atoms with van der Waals surface area (Å²) in [5.41, 5.74) is 2.72. The van der Waals surface area contributed by atoms with Crippen LogP contribution in [-0.4, -0.2) is 29.4 Å². The second-order valence-corrected chi connectivity index (χ2v) is 6.77. The summed E-state index contributed by atoms with van der Waals surface area (Å²) in [6, 6.07) is 11.3. The standard InChI is InChI=1S/C21H25N3O2/c1-3-24(18-10-6-7-15(2)13-18)21(26)16-11-12-22-19(14-16)20(25)23-17-8-4-5-9-17/h6-7,10-14,17H,3-5,8-9H2,1-2H3,(H,23,25). The van der Waals surface area contributed by atoms with Gasteiger partial charge in [-0.2, -0.15) is 0 Å². The first-order valence-electron chi connectivity index (χ1n) is 9.24. The van der Waals surface area contributed by atoms with E-state index < -0.39 is 0 Å². The summed E-state index contributed by atoms with van der Waals surface area (Å²) in [7, 11) is 0. The minimum atomic E-state index is -0.204. The molecule has 1 aliphatic rings. The third kappa shape index (κ3) is 4.10. The van der Waals surface area contributed by atoms with Crippen LogP contribution >= 0.6 is 0 Å². The molecule has 1 heterocycles. The highest BCUT2D eigenvalue weighted by Crippen LogP contribution is 2.20. The van der Waals surface area contributed by atoms with Gasteiger partial charge >= 0.3 is 0 Å². The molecule has 5 heteroatoms. The molecule has 1 aromatic heterocycles. The number of carbonyl (C=O) groups is 2. The molecule has 0 bridgehead atoms. The Morgan fingerprint density at radius 2 is 1.96 bits per heavy atom. The SMILES string of the molecule is CCN(C(=O)c1ccnc(C(=O)NC2CCCC2)c1)c1cccc(C)c1. The quantitative estimate of drug-likeness (QED) is 0.893. The number of pyridine rings is 1. The molecular formula is C21H25N3O2. The van der Waals surface area contributed by atoms with Crippen molar-refractivity contribution in [2.75, 3.05) is 11.4 Å². The summed E-state index contributed by atoms with van der Waals surface area (Å²) in [4.78, 5) is 31.3. The van der Waals surface area contributed by atoms with Crippen molar-refractivity contribution >= 4 is 17.5 Å². The lowest BCUT2D eigenvalue weighted by atomic mass is 10.1. The number of hydrogen-bond donors (Lipinski definition) is 1. The molecule has 5 nitrogen and oxygen atoms in total. The zero-order chi connectivity index (χ0) is 18.5. The lowest BCUT2D eigenvalue weighted by Crippen LogP contribution is -2.34. The van der Waals surface area contributed by atoms with E-state index in [0.29, 0.717) is 17.8 Å². The van der Waals surface area contributed by atoms with Gasteiger partial charge in [-0.15, -0.1) is 0 Å². The number of amides is 2. The number of nitrogens with one attached hydrogen (secondary N) is 1. The van der Waals surface area contributed by atoms with Crippen molar-refractivity contribution in [3.63, 3.8) is 0 Å². The van der Waals surface area contributed by atoms with Gasteiger partial charge in [-0.3, -0.25) is 14.6 Å². The number of hydrogen-bond acceptors (Lipinski definition) is 3. The first-order valence-corrected chi connectivity index (χ1v) is 9.24. The Morgan fingerprint density at radius 3 is 2.65 bits per heavy atom. The van der Waals surface area contributed by atoms with Gasteiger partial charge in [0.05, 0.1) is 0 Å². The van der Waals surface area contributed by atoms with E-state index in [9.17, 15) is 9.59 Å². The zero-order valence-corrected chi connectivity index (χ0v) is 15.4. The minimum Gasteiger partial charge on any atom is -0.348 e. The van der Waals surface area contributed by atoms with Gasteiger partial charge < -0.3 is 10.2 Å². The first-order chi connectivity index (χ1) is 12.6. The van der Waals surface area contributed by atoms with Crippen molar-refractivity contribution in [1.29, 1.82) is 0 Å². The molecule has 3 rings (SSSR count). The molecule has 1 saturated carbocycles. The van der Waals surface area contributed by atoms with Crippen molar-refractivity contribution in [3.05, 3.63) is 59.4 Å². The average molecular weight is 351 g/mol. The van der Waals surface area contributed by atoms with Crippen molar-refractivity contribution in [1.82, 2.24) is 10.3 Å². The van der Waals surface area contributed by atoms with Crippen molar-refractivity contribution in [2.45, 2.75) is 45.6 Å². The van der Waals surface area contributed by atoms with Crippen LogP contribution in [0.25, 0.3) is 0 Å². The molecule has 0 spiro atoms. The highest BCUT2D eigenvalue weighted by Gasteiger charge is 2.21. The van der Waals surface area contributed by atoms with Crippen LogP contribution in [0.4, 0.5) is 5.69 Å². The maximum Gasteiger partial charge on any atom is 0.270 e. The monoisotopic (exact) mass is 351 g/mol. The van der Waals surface area contributed by atoms with Gasteiger partial charge in [0.15, 0.2) is 0 Å². The Bertz CT molecular complexity index is 797. The lowest BCUT2D eigenvalue weighted by Gasteiger charge is -2.21. The third-order valence-corrected chi connectivity index (χ3v) is 4.80. The van der Waals surface area contributed by atoms with E-state index in [0.717, 1.165) is 36.9 Å². The smallest absolute Gasteiger partial charge is 0.270 e. The average Bonchev–Trinajstić information content (AvgIpc) is 3.15. The van der Waals surface area contributed by atoms with Gasteiger partial charge in [-0.05, 0) is 56.5 Å². The largest absolute Gasteiger partial charge is 0.348 e. The van der Waals surface area contributed by atoms with Gasteiger partial charge in [0.1, 0.15) is 5.69 Å². The number of rotatable bonds is 5. The second-order valence-electron chi connectivity index (χ2n) is 6.77. The summed E-state index contributed by atoms with van der Waals surface area (Å²) in [5.74, 6) is -0.333. The molecule has 2 amide bonds. The molecule has 1 aliphatic carbocycles. The normalized spacial score (nSPS) is 14.2. The molecule has 0 aliphatic heterocycles. The Labute approximate surface area is 154 Å². The van der Waals surface area contributed by atoms with Gasteiger partial charge in [-0.1, -0.05) is 25.0 Å². The highest BCUT2D eigenvalue weighted by atomic mass is 16.2. The Hall–Kier alpha value is -2.69. The number of carbonyl (C=O) groups excluding carboxylic acids is 2. The Morgan fingerprint density at radius 1 is 1.19 bits per heavy atom. The van der Waals surface area contributed by atoms with Gasteiger partial charge in [0.25, 0.3) is 11.8 Å². The number of nitrogens with zero attached hydrogens (tertiary/aromatic N) is 2. The van der Waals surface area contributed by atoms with Crippen LogP contribution in [-0.2, 0) is 0 Å². The van der Waals surface area contributed by atoms with E-state index in [-0.39, 0.29) is 17.9 Å². The molecule has 0 unspecified atom stereocenters. The van der Waals surface area contributed by atoms with Crippen molar-refractivity contribution < 1.29 is 9.59 Å². The maximum atomic E-state index is 13.0. The molecule has 0 radical (unpaired) electrons. The van der Waals surface area contributed by atoms with E-state index >= 15 is 0 Å². The van der Waals surface area contributed by atoms with Gasteiger partial charge in [0, 0.05) is 30.0 Å². The highest BCUT2D eigenvalue weighted by molar-refractivity contribution is 6.07. The van der Waals surface area contributed by atoms with Gasteiger partial charge in [-0.25, -0.2) is 0 Å². The molecular weight excluding hydrogens is 326 g/mol. The maximum absolute atomic E-state index is 13.0. The van der Waals surface area contributed by atoms with Crippen LogP contribution in [0.3, 0.4) is 0 Å². The molecule has 1 aromatic carbocycles. The Kier molecular flexibility index (Phi) is 5.66. The van der Waals surface area contributed by atoms with E-state index in [4.69, 9.17) is 0 Å². The third-order valence-electron chi connectivity index (χ3n) is 4.80. The second kappa shape index (κ2) is 8.13. The van der Waals surface area contributed by atoms with Crippen LogP contribution in [0.2, 0.25) is 0 Å². The molecule has 1 fully saturated rings. The van der Waals surface area contributed by atoms with Crippen LogP contribution in [0.1, 0.15) is 59.0 Å². The summed E-state index contributed by atoms with van der Waals surface area (Å²) in [5, 5.41) is 3.02. The van der Waals surface area contributed by atoms with Crippen LogP contribution in [0.5, 0.6) is 0 Å². The van der Waals surface area contributed by atoms with E-state index in [1.807, 2.05) is 38.1 Å². The minimum absolute atomic E-state index is 0.129. The fraction of sp³-hybridized carbons (Fsp3) is 0.381. The van der Waals surface area contributed by atoms with Crippen LogP contribution in [0, 0.1) is 6.92 Å². The first kappa shape index (κ1) is 18.1. The summed E-state index contributed by atoms with van der Waals surface area (Å²) in [6.45, 7) is 4.49. The number of aryl methyl sites for hydroxylation is 1. The molecule has 136 valence electrons. The van der Waals surface area contributed by atoms with Crippen molar-refractivity contribution in [3.8, 4) is 0 Å². The summed E-state index contributed by atoms with van der Waals surface area (Å²) in [6.07, 6.45) is 5.86. The predicted octanol–water partition coefficient (Wildman–Crippen LogP) is 3.73. The predicted molar refractivity (Wildman–Crippen MR) is 102 cm³/mol. The fourth-order valence-corrected chi connectivity index (χ4v) is 3.41. The summed E-state index contributed by atoms with van der Waals surface area (Å²) < 4.78 is 0. The number of anilines is 1. The number of benzene rings is 1. The van der Waals surface area contributed by atoms with Crippen LogP contribution < -0.4 is 10.2 Å². The number of aromatic nitrogens is 1. The van der Waals surface area contributed by atoms with Gasteiger partial charge in [0.2, 0.25) is 0 Å². The molecule has 2 aromatic rings. The lowest BCUT2D eigenvalue weighted by molar-refractivity contribution is 0.0933. The van der Waals surface area contributed by atoms with Crippen LogP contribution in [0.15, 0.2) is 42.6 Å². The Balaban J connectivity index is 1.79. The fourth-order valence-electron chi connectivity index (χ4n) is 3.41. The van der Waals surface area contributed by atoms with E-state index in [1.165, 1.54) is 6.20 Å².